The number of terminal acetylenes is 1. The lowest BCUT2D eigenvalue weighted by atomic mass is 9.86. The van der Waals surface area contributed by atoms with E-state index in [1.807, 2.05) is 6.92 Å². The van der Waals surface area contributed by atoms with Crippen molar-refractivity contribution < 1.29 is 4.39 Å². The van der Waals surface area contributed by atoms with E-state index in [2.05, 4.69) is 11.2 Å². The van der Waals surface area contributed by atoms with Gasteiger partial charge >= 0.3 is 0 Å². The molecular weight excluding hydrogens is 165 g/mol. The summed E-state index contributed by atoms with van der Waals surface area (Å²) < 4.78 is 14.0. The van der Waals surface area contributed by atoms with Crippen LogP contribution in [-0.4, -0.2) is 18.3 Å². The summed E-state index contributed by atoms with van der Waals surface area (Å²) in [5.74, 6) is 2.55. The molecule has 1 aliphatic rings. The Hall–Kier alpha value is -0.550. The summed E-state index contributed by atoms with van der Waals surface area (Å²) in [6.45, 7) is 2.84. The number of unbranched alkanes of at least 4 members (excludes halogenated alkanes) is 1. The third-order valence-corrected chi connectivity index (χ3v) is 2.68. The van der Waals surface area contributed by atoms with Crippen LogP contribution in [0, 0.1) is 12.3 Å². The van der Waals surface area contributed by atoms with Gasteiger partial charge in [-0.25, -0.2) is 4.39 Å². The molecule has 0 spiro atoms. The van der Waals surface area contributed by atoms with Crippen LogP contribution in [0.15, 0.2) is 0 Å². The largest absolute Gasteiger partial charge is 0.314 e. The highest BCUT2D eigenvalue weighted by atomic mass is 19.1. The molecule has 0 aliphatic carbocycles. The second-order valence-electron chi connectivity index (χ2n) is 4.02. The maximum Gasteiger partial charge on any atom is 0.113 e. The first kappa shape index (κ1) is 10.5. The van der Waals surface area contributed by atoms with E-state index in [1.165, 1.54) is 0 Å². The molecule has 1 saturated heterocycles. The number of halogens is 1. The van der Waals surface area contributed by atoms with Crippen LogP contribution in [0.2, 0.25) is 0 Å². The molecule has 0 amide bonds. The zero-order valence-corrected chi connectivity index (χ0v) is 8.28. The molecule has 2 atom stereocenters. The topological polar surface area (TPSA) is 12.0 Å². The maximum atomic E-state index is 14.0. The van der Waals surface area contributed by atoms with E-state index in [9.17, 15) is 4.39 Å². The van der Waals surface area contributed by atoms with Gasteiger partial charge < -0.3 is 5.32 Å². The van der Waals surface area contributed by atoms with E-state index < -0.39 is 5.67 Å². The number of piperidine rings is 1. The second-order valence-corrected chi connectivity index (χ2v) is 4.02. The molecule has 1 aliphatic heterocycles. The predicted octanol–water partition coefficient (Wildman–Crippen LogP) is 2.27. The van der Waals surface area contributed by atoms with Crippen LogP contribution in [-0.2, 0) is 0 Å². The summed E-state index contributed by atoms with van der Waals surface area (Å²) in [7, 11) is 0. The van der Waals surface area contributed by atoms with E-state index in [4.69, 9.17) is 6.42 Å². The van der Waals surface area contributed by atoms with Gasteiger partial charge in [0.15, 0.2) is 0 Å². The molecule has 0 aromatic rings. The normalized spacial score (nSPS) is 34.1. The fraction of sp³-hybridized carbons (Fsp3) is 0.818. The minimum Gasteiger partial charge on any atom is -0.314 e. The van der Waals surface area contributed by atoms with Crippen LogP contribution in [0.5, 0.6) is 0 Å². The molecule has 0 bridgehead atoms. The van der Waals surface area contributed by atoms with Crippen molar-refractivity contribution in [1.29, 1.82) is 0 Å². The van der Waals surface area contributed by atoms with E-state index >= 15 is 0 Å². The van der Waals surface area contributed by atoms with Crippen molar-refractivity contribution in [2.45, 2.75) is 50.7 Å². The summed E-state index contributed by atoms with van der Waals surface area (Å²) in [5, 5.41) is 3.25. The van der Waals surface area contributed by atoms with Crippen LogP contribution >= 0.6 is 0 Å². The Balaban J connectivity index is 2.32. The minimum atomic E-state index is -0.957. The Morgan fingerprint density at radius 2 is 2.46 bits per heavy atom. The first-order valence-electron chi connectivity index (χ1n) is 5.02. The molecule has 2 unspecified atom stereocenters. The van der Waals surface area contributed by atoms with Crippen LogP contribution < -0.4 is 5.32 Å². The number of alkyl halides is 1. The summed E-state index contributed by atoms with van der Waals surface area (Å²) in [6.07, 6.45) is 8.56. The lowest BCUT2D eigenvalue weighted by molar-refractivity contribution is 0.0844. The number of nitrogens with one attached hydrogen (secondary N) is 1. The van der Waals surface area contributed by atoms with Crippen molar-refractivity contribution in [3.05, 3.63) is 0 Å². The van der Waals surface area contributed by atoms with Gasteiger partial charge in [0.05, 0.1) is 0 Å². The van der Waals surface area contributed by atoms with Gasteiger partial charge in [0, 0.05) is 12.5 Å². The molecule has 2 heteroatoms. The molecule has 0 aromatic carbocycles. The summed E-state index contributed by atoms with van der Waals surface area (Å²) >= 11 is 0. The second kappa shape index (κ2) is 4.62. The van der Waals surface area contributed by atoms with Gasteiger partial charge in [-0.05, 0) is 39.2 Å². The lowest BCUT2D eigenvalue weighted by Crippen LogP contribution is -2.44. The number of hydrogen-bond acceptors (Lipinski definition) is 1. The summed E-state index contributed by atoms with van der Waals surface area (Å²) in [5.41, 5.74) is -0.957. The van der Waals surface area contributed by atoms with Crippen molar-refractivity contribution in [3.8, 4) is 12.3 Å². The van der Waals surface area contributed by atoms with E-state index in [-0.39, 0.29) is 0 Å². The molecule has 1 rings (SSSR count). The fourth-order valence-corrected chi connectivity index (χ4v) is 2.00. The lowest BCUT2D eigenvalue weighted by Gasteiger charge is -2.34. The summed E-state index contributed by atoms with van der Waals surface area (Å²) in [6, 6.07) is 0.310. The molecule has 0 saturated carbocycles. The SMILES string of the molecule is C#CCCCC1(F)CCNC(C)C1. The zero-order chi connectivity index (χ0) is 9.73. The Morgan fingerprint density at radius 1 is 1.69 bits per heavy atom. The monoisotopic (exact) mass is 183 g/mol. The third-order valence-electron chi connectivity index (χ3n) is 2.68. The quantitative estimate of drug-likeness (QED) is 0.523. The van der Waals surface area contributed by atoms with Crippen LogP contribution in [0.4, 0.5) is 4.39 Å². The van der Waals surface area contributed by atoms with Crippen LogP contribution in [0.25, 0.3) is 0 Å². The first-order chi connectivity index (χ1) is 6.16. The van der Waals surface area contributed by atoms with E-state index in [0.29, 0.717) is 31.7 Å². The fourth-order valence-electron chi connectivity index (χ4n) is 2.00. The van der Waals surface area contributed by atoms with Crippen molar-refractivity contribution in [2.75, 3.05) is 6.54 Å². The van der Waals surface area contributed by atoms with Crippen molar-refractivity contribution in [2.24, 2.45) is 0 Å². The Kier molecular flexibility index (Phi) is 3.74. The molecule has 1 heterocycles. The molecule has 1 N–H and O–H groups in total. The molecule has 74 valence electrons. The summed E-state index contributed by atoms with van der Waals surface area (Å²) in [4.78, 5) is 0. The van der Waals surface area contributed by atoms with Gasteiger partial charge in [0.25, 0.3) is 0 Å². The molecule has 0 aromatic heterocycles. The third kappa shape index (κ3) is 3.36. The Bertz CT molecular complexity index is 197. The molecule has 1 nitrogen and oxygen atoms in total. The van der Waals surface area contributed by atoms with Gasteiger partial charge in [-0.1, -0.05) is 0 Å². The highest BCUT2D eigenvalue weighted by molar-refractivity contribution is 4.91. The minimum absolute atomic E-state index is 0.310. The Labute approximate surface area is 80.1 Å². The van der Waals surface area contributed by atoms with Gasteiger partial charge in [-0.15, -0.1) is 12.3 Å². The number of hydrogen-bond donors (Lipinski definition) is 1. The van der Waals surface area contributed by atoms with Crippen molar-refractivity contribution in [1.82, 2.24) is 5.32 Å². The Morgan fingerprint density at radius 3 is 3.08 bits per heavy atom. The van der Waals surface area contributed by atoms with E-state index in [0.717, 1.165) is 13.0 Å². The van der Waals surface area contributed by atoms with Crippen molar-refractivity contribution >= 4 is 0 Å². The first-order valence-corrected chi connectivity index (χ1v) is 5.02. The van der Waals surface area contributed by atoms with Crippen LogP contribution in [0.3, 0.4) is 0 Å². The smallest absolute Gasteiger partial charge is 0.113 e. The van der Waals surface area contributed by atoms with Gasteiger partial charge in [0.1, 0.15) is 5.67 Å². The predicted molar refractivity (Wildman–Crippen MR) is 53.2 cm³/mol. The zero-order valence-electron chi connectivity index (χ0n) is 8.28. The average Bonchev–Trinajstić information content (AvgIpc) is 2.04. The molecular formula is C11H18FN. The maximum absolute atomic E-state index is 14.0. The van der Waals surface area contributed by atoms with E-state index in [1.54, 1.807) is 0 Å². The van der Waals surface area contributed by atoms with Gasteiger partial charge in [-0.2, -0.15) is 0 Å². The molecule has 13 heavy (non-hydrogen) atoms. The number of rotatable bonds is 3. The highest BCUT2D eigenvalue weighted by Gasteiger charge is 2.33. The van der Waals surface area contributed by atoms with Gasteiger partial charge in [-0.3, -0.25) is 0 Å². The van der Waals surface area contributed by atoms with Gasteiger partial charge in [0.2, 0.25) is 0 Å². The standard InChI is InChI=1S/C11H18FN/c1-3-4-5-6-11(12)7-8-13-10(2)9-11/h1,10,13H,4-9H2,2H3. The van der Waals surface area contributed by atoms with Crippen LogP contribution in [0.1, 0.15) is 39.0 Å². The average molecular weight is 183 g/mol. The molecule has 0 radical (unpaired) electrons. The highest BCUT2D eigenvalue weighted by Crippen LogP contribution is 2.31. The molecule has 1 fully saturated rings. The van der Waals surface area contributed by atoms with Crippen molar-refractivity contribution in [3.63, 3.8) is 0 Å².